The molecule has 1 heterocycles. The summed E-state index contributed by atoms with van der Waals surface area (Å²) in [6.45, 7) is 2.38. The number of hydrogen-bond donors (Lipinski definition) is 1. The number of aromatic hydroxyl groups is 1. The molecule has 0 amide bonds. The molecule has 0 aliphatic rings. The van der Waals surface area contributed by atoms with Crippen LogP contribution in [0.15, 0.2) is 52.9 Å². The van der Waals surface area contributed by atoms with E-state index in [0.717, 1.165) is 11.1 Å². The molecule has 3 heteroatoms. The number of phenolic OH excluding ortho intramolecular Hbond substituents is 1. The molecule has 3 nitrogen and oxygen atoms in total. The van der Waals surface area contributed by atoms with Gasteiger partial charge in [0.05, 0.1) is 0 Å². The summed E-state index contributed by atoms with van der Waals surface area (Å²) in [6, 6.07) is 15.0. The van der Waals surface area contributed by atoms with Crippen molar-refractivity contribution in [3.63, 3.8) is 0 Å². The maximum Gasteiger partial charge on any atom is 0.176 e. The highest BCUT2D eigenvalue weighted by Gasteiger charge is 2.07. The van der Waals surface area contributed by atoms with Crippen LogP contribution < -0.4 is 4.74 Å². The van der Waals surface area contributed by atoms with Crippen molar-refractivity contribution in [2.45, 2.75) is 13.5 Å². The van der Waals surface area contributed by atoms with Gasteiger partial charge in [-0.25, -0.2) is 0 Å². The lowest BCUT2D eigenvalue weighted by Gasteiger charge is -2.03. The summed E-state index contributed by atoms with van der Waals surface area (Å²) in [5, 5.41) is 10.5. The SMILES string of the molecule is Cc1ccc(OCc2cc3cccc(O)c3o2)cc1. The molecule has 0 saturated carbocycles. The standard InChI is InChI=1S/C16H14O3/c1-11-5-7-13(8-6-11)18-10-14-9-12-3-2-4-15(17)16(12)19-14/h2-9,17H,10H2,1H3. The molecule has 0 fully saturated rings. The van der Waals surface area contributed by atoms with Crippen LogP contribution in [0, 0.1) is 6.92 Å². The van der Waals surface area contributed by atoms with Crippen molar-refractivity contribution in [1.29, 1.82) is 0 Å². The zero-order chi connectivity index (χ0) is 13.2. The lowest BCUT2D eigenvalue weighted by atomic mass is 10.2. The maximum atomic E-state index is 9.67. The first-order chi connectivity index (χ1) is 9.22. The average Bonchev–Trinajstić information content (AvgIpc) is 2.83. The van der Waals surface area contributed by atoms with Gasteiger partial charge in [0, 0.05) is 5.39 Å². The van der Waals surface area contributed by atoms with Gasteiger partial charge in [-0.3, -0.25) is 0 Å². The maximum absolute atomic E-state index is 9.67. The molecule has 0 unspecified atom stereocenters. The van der Waals surface area contributed by atoms with Crippen molar-refractivity contribution < 1.29 is 14.3 Å². The summed E-state index contributed by atoms with van der Waals surface area (Å²) >= 11 is 0. The van der Waals surface area contributed by atoms with Crippen molar-refractivity contribution in [2.24, 2.45) is 0 Å². The van der Waals surface area contributed by atoms with Crippen LogP contribution in [0.1, 0.15) is 11.3 Å². The highest BCUT2D eigenvalue weighted by Crippen LogP contribution is 2.28. The Bertz CT molecular complexity index is 696. The first-order valence-electron chi connectivity index (χ1n) is 6.12. The quantitative estimate of drug-likeness (QED) is 0.767. The topological polar surface area (TPSA) is 42.6 Å². The second-order valence-electron chi connectivity index (χ2n) is 4.51. The van der Waals surface area contributed by atoms with E-state index in [4.69, 9.17) is 9.15 Å². The van der Waals surface area contributed by atoms with E-state index in [9.17, 15) is 5.11 Å². The number of benzene rings is 2. The predicted molar refractivity (Wildman–Crippen MR) is 73.4 cm³/mol. The molecule has 0 atom stereocenters. The molecule has 19 heavy (non-hydrogen) atoms. The fraction of sp³-hybridized carbons (Fsp3) is 0.125. The van der Waals surface area contributed by atoms with Gasteiger partial charge in [-0.05, 0) is 31.2 Å². The Labute approximate surface area is 111 Å². The fourth-order valence-electron chi connectivity index (χ4n) is 1.96. The van der Waals surface area contributed by atoms with Crippen molar-refractivity contribution >= 4 is 11.0 Å². The summed E-state index contributed by atoms with van der Waals surface area (Å²) in [5.41, 5.74) is 1.70. The Morgan fingerprint density at radius 2 is 1.89 bits per heavy atom. The van der Waals surface area contributed by atoms with E-state index >= 15 is 0 Å². The van der Waals surface area contributed by atoms with E-state index in [1.165, 1.54) is 5.56 Å². The first kappa shape index (κ1) is 11.7. The Hall–Kier alpha value is -2.42. The van der Waals surface area contributed by atoms with Crippen LogP contribution in [0.5, 0.6) is 11.5 Å². The van der Waals surface area contributed by atoms with Gasteiger partial charge in [-0.1, -0.05) is 29.8 Å². The minimum absolute atomic E-state index is 0.152. The molecule has 1 aromatic heterocycles. The van der Waals surface area contributed by atoms with Crippen LogP contribution in [0.4, 0.5) is 0 Å². The van der Waals surface area contributed by atoms with Gasteiger partial charge in [-0.2, -0.15) is 0 Å². The molecular weight excluding hydrogens is 240 g/mol. The molecule has 96 valence electrons. The summed E-state index contributed by atoms with van der Waals surface area (Å²) in [5.74, 6) is 1.64. The molecule has 0 spiro atoms. The number of aryl methyl sites for hydroxylation is 1. The summed E-state index contributed by atoms with van der Waals surface area (Å²) < 4.78 is 11.2. The molecular formula is C16H14O3. The average molecular weight is 254 g/mol. The predicted octanol–water partition coefficient (Wildman–Crippen LogP) is 4.03. The highest BCUT2D eigenvalue weighted by atomic mass is 16.5. The third kappa shape index (κ3) is 2.40. The van der Waals surface area contributed by atoms with Gasteiger partial charge in [0.15, 0.2) is 11.3 Å². The van der Waals surface area contributed by atoms with Gasteiger partial charge in [0.2, 0.25) is 0 Å². The van der Waals surface area contributed by atoms with Gasteiger partial charge >= 0.3 is 0 Å². The van der Waals surface area contributed by atoms with Crippen molar-refractivity contribution in [3.05, 3.63) is 59.9 Å². The molecule has 0 aliphatic carbocycles. The largest absolute Gasteiger partial charge is 0.504 e. The number of rotatable bonds is 3. The van der Waals surface area contributed by atoms with Crippen LogP contribution in [0.25, 0.3) is 11.0 Å². The van der Waals surface area contributed by atoms with E-state index in [0.29, 0.717) is 18.0 Å². The number of fused-ring (bicyclic) bond motifs is 1. The Kier molecular flexibility index (Phi) is 2.88. The molecule has 3 aromatic rings. The molecule has 0 saturated heterocycles. The Balaban J connectivity index is 1.78. The van der Waals surface area contributed by atoms with E-state index < -0.39 is 0 Å². The number of ether oxygens (including phenoxy) is 1. The Morgan fingerprint density at radius 1 is 1.11 bits per heavy atom. The molecule has 0 aliphatic heterocycles. The normalized spacial score (nSPS) is 10.8. The van der Waals surface area contributed by atoms with Crippen LogP contribution in [-0.4, -0.2) is 5.11 Å². The van der Waals surface area contributed by atoms with Crippen LogP contribution in [0.3, 0.4) is 0 Å². The van der Waals surface area contributed by atoms with E-state index in [1.807, 2.05) is 43.3 Å². The van der Waals surface area contributed by atoms with Crippen LogP contribution in [0.2, 0.25) is 0 Å². The smallest absolute Gasteiger partial charge is 0.176 e. The Morgan fingerprint density at radius 3 is 2.63 bits per heavy atom. The van der Waals surface area contributed by atoms with Gasteiger partial charge in [0.25, 0.3) is 0 Å². The minimum Gasteiger partial charge on any atom is -0.504 e. The van der Waals surface area contributed by atoms with Crippen molar-refractivity contribution in [3.8, 4) is 11.5 Å². The van der Waals surface area contributed by atoms with E-state index in [1.54, 1.807) is 12.1 Å². The van der Waals surface area contributed by atoms with Crippen molar-refractivity contribution in [1.82, 2.24) is 0 Å². The summed E-state index contributed by atoms with van der Waals surface area (Å²) in [7, 11) is 0. The number of para-hydroxylation sites is 1. The van der Waals surface area contributed by atoms with Crippen LogP contribution in [-0.2, 0) is 6.61 Å². The minimum atomic E-state index is 0.152. The van der Waals surface area contributed by atoms with Gasteiger partial charge < -0.3 is 14.3 Å². The fourth-order valence-corrected chi connectivity index (χ4v) is 1.96. The molecule has 3 rings (SSSR count). The summed E-state index contributed by atoms with van der Waals surface area (Å²) in [4.78, 5) is 0. The van der Waals surface area contributed by atoms with Crippen LogP contribution >= 0.6 is 0 Å². The molecule has 0 radical (unpaired) electrons. The third-order valence-corrected chi connectivity index (χ3v) is 2.98. The number of furan rings is 1. The molecule has 1 N–H and O–H groups in total. The number of hydrogen-bond acceptors (Lipinski definition) is 3. The molecule has 2 aromatic carbocycles. The van der Waals surface area contributed by atoms with Crippen molar-refractivity contribution in [2.75, 3.05) is 0 Å². The monoisotopic (exact) mass is 254 g/mol. The number of phenols is 1. The zero-order valence-electron chi connectivity index (χ0n) is 10.6. The van der Waals surface area contributed by atoms with Gasteiger partial charge in [0.1, 0.15) is 18.1 Å². The van der Waals surface area contributed by atoms with Gasteiger partial charge in [-0.15, -0.1) is 0 Å². The summed E-state index contributed by atoms with van der Waals surface area (Å²) in [6.07, 6.45) is 0. The third-order valence-electron chi connectivity index (χ3n) is 2.98. The second-order valence-corrected chi connectivity index (χ2v) is 4.51. The lowest BCUT2D eigenvalue weighted by molar-refractivity contribution is 0.273. The highest BCUT2D eigenvalue weighted by molar-refractivity contribution is 5.83. The molecule has 0 bridgehead atoms. The second kappa shape index (κ2) is 4.69. The van der Waals surface area contributed by atoms with E-state index in [2.05, 4.69) is 0 Å². The zero-order valence-corrected chi connectivity index (χ0v) is 10.6. The van der Waals surface area contributed by atoms with E-state index in [-0.39, 0.29) is 5.75 Å². The first-order valence-corrected chi connectivity index (χ1v) is 6.12. The lowest BCUT2D eigenvalue weighted by Crippen LogP contribution is -1.93.